The molecule has 0 aromatic heterocycles. The highest BCUT2D eigenvalue weighted by molar-refractivity contribution is 6.67. The van der Waals surface area contributed by atoms with E-state index in [1.54, 1.807) is 0 Å². The van der Waals surface area contributed by atoms with Crippen LogP contribution in [0.1, 0.15) is 118 Å². The maximum atomic E-state index is 6.34. The fraction of sp³-hybridized carbons (Fsp3) is 0.917. The average Bonchev–Trinajstić information content (AvgIpc) is 2.70. The van der Waals surface area contributed by atoms with Crippen LogP contribution in [-0.2, 0) is 8.85 Å². The minimum Gasteiger partial charge on any atom is -0.394 e. The monoisotopic (exact) mass is 396 g/mol. The van der Waals surface area contributed by atoms with Gasteiger partial charge in [-0.25, -0.2) is 0 Å². The maximum absolute atomic E-state index is 6.34. The summed E-state index contributed by atoms with van der Waals surface area (Å²) in [5.41, 5.74) is 0. The molecule has 0 saturated heterocycles. The van der Waals surface area contributed by atoms with Crippen LogP contribution in [0, 0.1) is 11.8 Å². The summed E-state index contributed by atoms with van der Waals surface area (Å²) in [6.45, 7) is 10.7. The second-order valence-corrected chi connectivity index (χ2v) is 11.5. The van der Waals surface area contributed by atoms with Crippen molar-refractivity contribution in [1.29, 1.82) is 0 Å². The summed E-state index contributed by atoms with van der Waals surface area (Å²) >= 11 is 0. The van der Waals surface area contributed by atoms with Gasteiger partial charge in [-0.2, -0.15) is 0 Å². The molecular formula is C24H48O2Si. The molecule has 0 N–H and O–H groups in total. The van der Waals surface area contributed by atoms with Crippen molar-refractivity contribution in [3.8, 4) is 11.8 Å². The van der Waals surface area contributed by atoms with Crippen molar-refractivity contribution >= 4 is 8.56 Å². The molecule has 0 aliphatic rings. The van der Waals surface area contributed by atoms with E-state index in [1.807, 2.05) is 0 Å². The summed E-state index contributed by atoms with van der Waals surface area (Å²) in [6, 6.07) is 2.16. The van der Waals surface area contributed by atoms with Crippen molar-refractivity contribution in [2.24, 2.45) is 0 Å². The van der Waals surface area contributed by atoms with Crippen molar-refractivity contribution in [3.05, 3.63) is 0 Å². The van der Waals surface area contributed by atoms with Gasteiger partial charge in [0.15, 0.2) is 0 Å². The van der Waals surface area contributed by atoms with E-state index in [0.29, 0.717) is 0 Å². The van der Waals surface area contributed by atoms with Crippen LogP contribution in [0.3, 0.4) is 0 Å². The van der Waals surface area contributed by atoms with E-state index in [1.165, 1.54) is 77.0 Å². The van der Waals surface area contributed by atoms with E-state index >= 15 is 0 Å². The van der Waals surface area contributed by atoms with Gasteiger partial charge in [-0.3, -0.25) is 0 Å². The minimum absolute atomic E-state index is 0.895. The summed E-state index contributed by atoms with van der Waals surface area (Å²) in [7, 11) is -1.93. The van der Waals surface area contributed by atoms with E-state index in [9.17, 15) is 0 Å². The molecule has 0 bridgehead atoms. The first kappa shape index (κ1) is 26.7. The van der Waals surface area contributed by atoms with E-state index in [2.05, 4.69) is 39.5 Å². The van der Waals surface area contributed by atoms with Crippen molar-refractivity contribution in [2.75, 3.05) is 13.2 Å². The van der Waals surface area contributed by atoms with Crippen molar-refractivity contribution < 1.29 is 8.85 Å². The van der Waals surface area contributed by atoms with Crippen LogP contribution in [0.15, 0.2) is 0 Å². The molecule has 0 spiro atoms. The Morgan fingerprint density at radius 3 is 1.52 bits per heavy atom. The third-order valence-electron chi connectivity index (χ3n) is 5.30. The quantitative estimate of drug-likeness (QED) is 0.125. The fourth-order valence-electron chi connectivity index (χ4n) is 3.33. The Kier molecular flexibility index (Phi) is 20.2. The summed E-state index contributed by atoms with van der Waals surface area (Å²) in [4.78, 5) is 0. The van der Waals surface area contributed by atoms with Gasteiger partial charge in [0.05, 0.1) is 0 Å². The van der Waals surface area contributed by atoms with Gasteiger partial charge in [0.1, 0.15) is 0 Å². The molecule has 27 heavy (non-hydrogen) atoms. The molecule has 0 rings (SSSR count). The Labute approximate surface area is 172 Å². The van der Waals surface area contributed by atoms with E-state index in [4.69, 9.17) is 8.85 Å². The summed E-state index contributed by atoms with van der Waals surface area (Å²) in [5, 5.41) is 0. The largest absolute Gasteiger partial charge is 0.394 e. The van der Waals surface area contributed by atoms with Gasteiger partial charge in [0, 0.05) is 26.1 Å². The molecule has 0 saturated carbocycles. The first-order valence-corrected chi connectivity index (χ1v) is 14.2. The molecule has 0 atom stereocenters. The van der Waals surface area contributed by atoms with Crippen LogP contribution in [0.4, 0.5) is 0 Å². The summed E-state index contributed by atoms with van der Waals surface area (Å²) in [6.07, 6.45) is 17.7. The fourth-order valence-corrected chi connectivity index (χ4v) is 5.77. The summed E-state index contributed by atoms with van der Waals surface area (Å²) in [5.74, 6) is 6.38. The molecule has 2 nitrogen and oxygen atoms in total. The predicted octanol–water partition coefficient (Wildman–Crippen LogP) is 8.01. The molecule has 160 valence electrons. The lowest BCUT2D eigenvalue weighted by atomic mass is 10.1. The second-order valence-electron chi connectivity index (χ2n) is 7.66. The third kappa shape index (κ3) is 16.4. The summed E-state index contributed by atoms with van der Waals surface area (Å²) < 4.78 is 12.7. The van der Waals surface area contributed by atoms with Gasteiger partial charge in [-0.15, -0.1) is 11.8 Å². The molecular weight excluding hydrogens is 348 g/mol. The molecule has 0 aromatic carbocycles. The SMILES string of the molecule is CCC#CCCCCCCCCO[Si](CC)(CC)OCCCCCCCC. The molecule has 0 amide bonds. The lowest BCUT2D eigenvalue weighted by molar-refractivity contribution is 0.163. The molecule has 3 heteroatoms. The van der Waals surface area contributed by atoms with Gasteiger partial charge < -0.3 is 8.85 Å². The van der Waals surface area contributed by atoms with Crippen molar-refractivity contribution in [3.63, 3.8) is 0 Å². The van der Waals surface area contributed by atoms with Crippen LogP contribution in [0.2, 0.25) is 12.1 Å². The standard InChI is InChI=1S/C24H48O2Si/c1-5-9-11-13-15-16-17-18-20-22-24-26-27(7-3,8-4)25-23-21-19-14-12-10-6-2/h5-8,10,12-24H2,1-4H3. The first-order valence-electron chi connectivity index (χ1n) is 12.0. The van der Waals surface area contributed by atoms with Crippen LogP contribution in [0.5, 0.6) is 0 Å². The van der Waals surface area contributed by atoms with E-state index < -0.39 is 8.56 Å². The second kappa shape index (κ2) is 20.4. The number of hydrogen-bond acceptors (Lipinski definition) is 2. The molecule has 0 aromatic rings. The van der Waals surface area contributed by atoms with Crippen molar-refractivity contribution in [1.82, 2.24) is 0 Å². The van der Waals surface area contributed by atoms with Gasteiger partial charge in [-0.05, 0) is 31.4 Å². The Bertz CT molecular complexity index is 355. The van der Waals surface area contributed by atoms with E-state index in [-0.39, 0.29) is 0 Å². The van der Waals surface area contributed by atoms with Crippen LogP contribution in [-0.4, -0.2) is 21.8 Å². The average molecular weight is 397 g/mol. The number of unbranched alkanes of at least 4 members (excludes halogenated alkanes) is 11. The Balaban J connectivity index is 3.69. The lowest BCUT2D eigenvalue weighted by Gasteiger charge is -2.29. The highest BCUT2D eigenvalue weighted by atomic mass is 28.4. The molecule has 0 fully saturated rings. The number of hydrogen-bond donors (Lipinski definition) is 0. The minimum atomic E-state index is -1.93. The van der Waals surface area contributed by atoms with Crippen LogP contribution < -0.4 is 0 Å². The zero-order valence-corrected chi connectivity index (χ0v) is 20.0. The van der Waals surface area contributed by atoms with Gasteiger partial charge in [0.25, 0.3) is 0 Å². The van der Waals surface area contributed by atoms with Crippen LogP contribution in [0.25, 0.3) is 0 Å². The van der Waals surface area contributed by atoms with Crippen LogP contribution >= 0.6 is 0 Å². The topological polar surface area (TPSA) is 18.5 Å². The third-order valence-corrected chi connectivity index (χ3v) is 8.92. The Hall–Kier alpha value is -0.303. The highest BCUT2D eigenvalue weighted by Gasteiger charge is 2.33. The van der Waals surface area contributed by atoms with E-state index in [0.717, 1.165) is 38.1 Å². The Morgan fingerprint density at radius 2 is 1.04 bits per heavy atom. The van der Waals surface area contributed by atoms with Gasteiger partial charge in [-0.1, -0.05) is 85.5 Å². The van der Waals surface area contributed by atoms with Gasteiger partial charge in [0.2, 0.25) is 0 Å². The van der Waals surface area contributed by atoms with Gasteiger partial charge >= 0.3 is 8.56 Å². The zero-order chi connectivity index (χ0) is 20.1. The van der Waals surface area contributed by atoms with Crippen molar-refractivity contribution in [2.45, 2.75) is 130 Å². The molecule has 0 aliphatic heterocycles. The Morgan fingerprint density at radius 1 is 0.556 bits per heavy atom. The molecule has 0 heterocycles. The smallest absolute Gasteiger partial charge is 0.337 e. The molecule has 0 unspecified atom stereocenters. The predicted molar refractivity (Wildman–Crippen MR) is 122 cm³/mol. The normalized spacial score (nSPS) is 11.4. The maximum Gasteiger partial charge on any atom is 0.337 e. The lowest BCUT2D eigenvalue weighted by Crippen LogP contribution is -2.41. The molecule has 0 radical (unpaired) electrons. The zero-order valence-electron chi connectivity index (χ0n) is 19.0. The molecule has 0 aliphatic carbocycles. The highest BCUT2D eigenvalue weighted by Crippen LogP contribution is 2.20. The first-order chi connectivity index (χ1) is 13.2. The number of rotatable bonds is 19.